The van der Waals surface area contributed by atoms with Gasteiger partial charge in [0.1, 0.15) is 0 Å². The average Bonchev–Trinajstić information content (AvgIpc) is 2.59. The number of nitrogens with one attached hydrogen (secondary N) is 1. The summed E-state index contributed by atoms with van der Waals surface area (Å²) in [6, 6.07) is 15.6. The first-order valence-electron chi connectivity index (χ1n) is 8.86. The van der Waals surface area contributed by atoms with Gasteiger partial charge in [-0.25, -0.2) is 0 Å². The summed E-state index contributed by atoms with van der Waals surface area (Å²) in [5.74, 6) is -0.156. The minimum Gasteiger partial charge on any atom is -0.322 e. The first-order valence-corrected chi connectivity index (χ1v) is 8.86. The zero-order chi connectivity index (χ0) is 18.8. The molecule has 0 aliphatic carbocycles. The predicted octanol–water partition coefficient (Wildman–Crippen LogP) is 4.33. The molecule has 1 amide bonds. The van der Waals surface area contributed by atoms with Gasteiger partial charge in [0, 0.05) is 22.7 Å². The summed E-state index contributed by atoms with van der Waals surface area (Å²) in [7, 11) is 0. The van der Waals surface area contributed by atoms with Gasteiger partial charge < -0.3 is 9.88 Å². The fraction of sp³-hybridized carbons (Fsp3) is 0.273. The first kappa shape index (κ1) is 17.9. The van der Waals surface area contributed by atoms with Gasteiger partial charge in [-0.15, -0.1) is 0 Å². The van der Waals surface area contributed by atoms with Crippen molar-refractivity contribution in [3.63, 3.8) is 0 Å². The molecule has 1 heterocycles. The Hall–Kier alpha value is -2.88. The second kappa shape index (κ2) is 7.16. The lowest BCUT2D eigenvalue weighted by atomic mass is 10.1. The van der Waals surface area contributed by atoms with Crippen LogP contribution >= 0.6 is 0 Å². The van der Waals surface area contributed by atoms with Crippen LogP contribution in [0.25, 0.3) is 10.9 Å². The maximum absolute atomic E-state index is 12.8. The van der Waals surface area contributed by atoms with Gasteiger partial charge in [-0.3, -0.25) is 9.59 Å². The van der Waals surface area contributed by atoms with Crippen molar-refractivity contribution in [2.75, 3.05) is 4.90 Å². The van der Waals surface area contributed by atoms with E-state index in [1.807, 2.05) is 76.2 Å². The summed E-state index contributed by atoms with van der Waals surface area (Å²) in [5, 5.41) is 0.973. The molecule has 0 aliphatic heterocycles. The molecule has 134 valence electrons. The molecule has 0 fully saturated rings. The van der Waals surface area contributed by atoms with E-state index >= 15 is 0 Å². The molecular weight excluding hydrogens is 324 g/mol. The number of carbonyl (C=O) groups excluding carboxylic acids is 1. The van der Waals surface area contributed by atoms with Crippen LogP contribution in [0, 0.1) is 19.8 Å². The van der Waals surface area contributed by atoms with Crippen LogP contribution in [-0.4, -0.2) is 10.9 Å². The van der Waals surface area contributed by atoms with E-state index in [0.29, 0.717) is 5.56 Å². The van der Waals surface area contributed by atoms with E-state index < -0.39 is 0 Å². The highest BCUT2D eigenvalue weighted by atomic mass is 16.2. The fourth-order valence-corrected chi connectivity index (χ4v) is 3.06. The van der Waals surface area contributed by atoms with Gasteiger partial charge in [-0.1, -0.05) is 37.6 Å². The largest absolute Gasteiger partial charge is 0.322 e. The van der Waals surface area contributed by atoms with Crippen molar-refractivity contribution in [1.82, 2.24) is 4.98 Å². The second-order valence-electron chi connectivity index (χ2n) is 7.13. The quantitative estimate of drug-likeness (QED) is 0.763. The molecule has 3 aromatic rings. The molecule has 4 nitrogen and oxygen atoms in total. The number of aromatic nitrogens is 1. The number of anilines is 1. The lowest BCUT2D eigenvalue weighted by Gasteiger charge is -2.25. The minimum absolute atomic E-state index is 0.000612. The number of nitrogens with zero attached hydrogens (tertiary/aromatic N) is 1. The van der Waals surface area contributed by atoms with Gasteiger partial charge in [0.2, 0.25) is 5.91 Å². The molecule has 0 aliphatic rings. The van der Waals surface area contributed by atoms with E-state index in [2.05, 4.69) is 4.98 Å². The van der Waals surface area contributed by atoms with E-state index in [-0.39, 0.29) is 23.9 Å². The zero-order valence-corrected chi connectivity index (χ0v) is 15.7. The molecule has 0 saturated carbocycles. The second-order valence-corrected chi connectivity index (χ2v) is 7.13. The molecule has 0 spiro atoms. The number of aromatic amines is 1. The Labute approximate surface area is 153 Å². The molecule has 0 unspecified atom stereocenters. The van der Waals surface area contributed by atoms with Crippen LogP contribution in [-0.2, 0) is 11.3 Å². The molecule has 0 saturated heterocycles. The van der Waals surface area contributed by atoms with Crippen molar-refractivity contribution in [3.05, 3.63) is 75.6 Å². The van der Waals surface area contributed by atoms with E-state index in [4.69, 9.17) is 0 Å². The lowest BCUT2D eigenvalue weighted by molar-refractivity contribution is -0.121. The van der Waals surface area contributed by atoms with Crippen molar-refractivity contribution in [2.24, 2.45) is 5.92 Å². The number of fused-ring (bicyclic) bond motifs is 1. The Kier molecular flexibility index (Phi) is 4.94. The van der Waals surface area contributed by atoms with Gasteiger partial charge in [-0.2, -0.15) is 0 Å². The van der Waals surface area contributed by atoms with Crippen molar-refractivity contribution < 1.29 is 4.79 Å². The van der Waals surface area contributed by atoms with Crippen molar-refractivity contribution >= 4 is 22.5 Å². The number of hydrogen-bond acceptors (Lipinski definition) is 2. The molecule has 0 atom stereocenters. The van der Waals surface area contributed by atoms with Crippen LogP contribution in [0.4, 0.5) is 5.69 Å². The summed E-state index contributed by atoms with van der Waals surface area (Å²) >= 11 is 0. The van der Waals surface area contributed by atoms with E-state index in [1.54, 1.807) is 4.90 Å². The molecule has 26 heavy (non-hydrogen) atoms. The zero-order valence-electron chi connectivity index (χ0n) is 15.7. The summed E-state index contributed by atoms with van der Waals surface area (Å²) in [5.41, 5.74) is 4.25. The third-order valence-corrected chi connectivity index (χ3v) is 4.48. The van der Waals surface area contributed by atoms with E-state index in [0.717, 1.165) is 27.7 Å². The van der Waals surface area contributed by atoms with Gasteiger partial charge in [0.15, 0.2) is 0 Å². The van der Waals surface area contributed by atoms with Crippen molar-refractivity contribution in [2.45, 2.75) is 34.2 Å². The molecule has 2 aromatic carbocycles. The number of amides is 1. The number of aryl methyl sites for hydroxylation is 2. The monoisotopic (exact) mass is 348 g/mol. The molecular formula is C22H24N2O2. The highest BCUT2D eigenvalue weighted by molar-refractivity contribution is 5.94. The summed E-state index contributed by atoms with van der Waals surface area (Å²) in [6.07, 6.45) is 0. The molecule has 3 rings (SSSR count). The Morgan fingerprint density at radius 1 is 1.04 bits per heavy atom. The van der Waals surface area contributed by atoms with Crippen LogP contribution in [0.5, 0.6) is 0 Å². The predicted molar refractivity (Wildman–Crippen MR) is 107 cm³/mol. The number of pyridine rings is 1. The fourth-order valence-electron chi connectivity index (χ4n) is 3.06. The highest BCUT2D eigenvalue weighted by Crippen LogP contribution is 2.21. The van der Waals surface area contributed by atoms with Crippen LogP contribution in [0.1, 0.15) is 30.5 Å². The lowest BCUT2D eigenvalue weighted by Crippen LogP contribution is -2.35. The summed E-state index contributed by atoms with van der Waals surface area (Å²) in [6.45, 7) is 8.01. The first-order chi connectivity index (χ1) is 12.3. The third kappa shape index (κ3) is 3.69. The Balaban J connectivity index is 2.06. The van der Waals surface area contributed by atoms with Gasteiger partial charge in [0.05, 0.1) is 6.54 Å². The molecule has 0 radical (unpaired) electrons. The van der Waals surface area contributed by atoms with Crippen molar-refractivity contribution in [1.29, 1.82) is 0 Å². The van der Waals surface area contributed by atoms with Gasteiger partial charge in [0.25, 0.3) is 5.56 Å². The topological polar surface area (TPSA) is 53.2 Å². The SMILES string of the molecule is Cc1cccc(N(Cc2cc3cc(C)ccc3[nH]c2=O)C(=O)C(C)C)c1. The Bertz CT molecular complexity index is 1020. The normalized spacial score (nSPS) is 11.1. The molecule has 1 N–H and O–H groups in total. The highest BCUT2D eigenvalue weighted by Gasteiger charge is 2.20. The van der Waals surface area contributed by atoms with Crippen LogP contribution in [0.3, 0.4) is 0 Å². The number of H-pyrrole nitrogens is 1. The summed E-state index contributed by atoms with van der Waals surface area (Å²) < 4.78 is 0. The number of carbonyl (C=O) groups is 1. The van der Waals surface area contributed by atoms with E-state index in [1.165, 1.54) is 0 Å². The smallest absolute Gasteiger partial charge is 0.253 e. The number of hydrogen-bond donors (Lipinski definition) is 1. The van der Waals surface area contributed by atoms with Gasteiger partial charge in [-0.05, 0) is 55.1 Å². The van der Waals surface area contributed by atoms with Gasteiger partial charge >= 0.3 is 0 Å². The minimum atomic E-state index is -0.157. The Morgan fingerprint density at radius 2 is 1.77 bits per heavy atom. The third-order valence-electron chi connectivity index (χ3n) is 4.48. The maximum atomic E-state index is 12.8. The summed E-state index contributed by atoms with van der Waals surface area (Å²) in [4.78, 5) is 30.0. The molecule has 0 bridgehead atoms. The Morgan fingerprint density at radius 3 is 2.46 bits per heavy atom. The van der Waals surface area contributed by atoms with Crippen molar-refractivity contribution in [3.8, 4) is 0 Å². The molecule has 1 aromatic heterocycles. The maximum Gasteiger partial charge on any atom is 0.253 e. The average molecular weight is 348 g/mol. The van der Waals surface area contributed by atoms with Crippen LogP contribution in [0.15, 0.2) is 53.3 Å². The van der Waals surface area contributed by atoms with Crippen LogP contribution < -0.4 is 10.5 Å². The standard InChI is InChI=1S/C22H24N2O2/c1-14(2)22(26)24(19-7-5-6-15(3)11-19)13-18-12-17-10-16(4)8-9-20(17)23-21(18)25/h5-12,14H,13H2,1-4H3,(H,23,25). The van der Waals surface area contributed by atoms with E-state index in [9.17, 15) is 9.59 Å². The number of rotatable bonds is 4. The molecule has 4 heteroatoms. The van der Waals surface area contributed by atoms with Crippen LogP contribution in [0.2, 0.25) is 0 Å². The number of benzene rings is 2.